The van der Waals surface area contributed by atoms with E-state index in [0.717, 1.165) is 6.54 Å². The normalized spacial score (nSPS) is 16.5. The Morgan fingerprint density at radius 2 is 2.06 bits per heavy atom. The number of rotatable bonds is 3. The monoisotopic (exact) mass is 248 g/mol. The summed E-state index contributed by atoms with van der Waals surface area (Å²) in [6, 6.07) is 0. The van der Waals surface area contributed by atoms with Gasteiger partial charge in [0.15, 0.2) is 0 Å². The summed E-state index contributed by atoms with van der Waals surface area (Å²) in [4.78, 5) is 21.8. The van der Waals surface area contributed by atoms with Crippen LogP contribution >= 0.6 is 0 Å². The summed E-state index contributed by atoms with van der Waals surface area (Å²) in [5, 5.41) is 0. The van der Waals surface area contributed by atoms with E-state index in [0.29, 0.717) is 17.4 Å². The van der Waals surface area contributed by atoms with Crippen LogP contribution in [-0.4, -0.2) is 34.4 Å². The number of hydrogen-bond donors (Lipinski definition) is 1. The second-order valence-electron chi connectivity index (χ2n) is 5.02. The Labute approximate surface area is 107 Å². The molecule has 0 aliphatic heterocycles. The maximum atomic E-state index is 12.1. The van der Waals surface area contributed by atoms with Gasteiger partial charge in [-0.3, -0.25) is 4.79 Å². The minimum atomic E-state index is -0.0759. The van der Waals surface area contributed by atoms with Crippen LogP contribution in [0.3, 0.4) is 0 Å². The molecule has 1 amide bonds. The van der Waals surface area contributed by atoms with E-state index >= 15 is 0 Å². The van der Waals surface area contributed by atoms with E-state index in [2.05, 4.69) is 9.97 Å². The van der Waals surface area contributed by atoms with E-state index in [1.165, 1.54) is 44.5 Å². The van der Waals surface area contributed by atoms with E-state index in [9.17, 15) is 4.79 Å². The Hall–Kier alpha value is -1.65. The van der Waals surface area contributed by atoms with Gasteiger partial charge in [-0.25, -0.2) is 9.97 Å². The zero-order valence-corrected chi connectivity index (χ0v) is 10.8. The summed E-state index contributed by atoms with van der Waals surface area (Å²) < 4.78 is 0. The van der Waals surface area contributed by atoms with E-state index in [-0.39, 0.29) is 5.91 Å². The van der Waals surface area contributed by atoms with E-state index in [1.807, 2.05) is 7.05 Å². The number of nitrogens with zero attached hydrogens (tertiary/aromatic N) is 3. The molecule has 0 unspecified atom stereocenters. The fourth-order valence-electron chi connectivity index (χ4n) is 2.48. The number of amides is 1. The van der Waals surface area contributed by atoms with Crippen molar-refractivity contribution in [1.29, 1.82) is 0 Å². The Morgan fingerprint density at radius 1 is 1.33 bits per heavy atom. The lowest BCUT2D eigenvalue weighted by Gasteiger charge is -2.26. The van der Waals surface area contributed by atoms with Crippen molar-refractivity contribution in [2.75, 3.05) is 19.3 Å². The highest BCUT2D eigenvalue weighted by Gasteiger charge is 2.19. The highest BCUT2D eigenvalue weighted by molar-refractivity contribution is 5.91. The van der Waals surface area contributed by atoms with E-state index in [4.69, 9.17) is 5.73 Å². The third-order valence-corrected chi connectivity index (χ3v) is 3.49. The average Bonchev–Trinajstić information content (AvgIpc) is 2.40. The summed E-state index contributed by atoms with van der Waals surface area (Å²) in [5.41, 5.74) is 5.82. The molecule has 5 heteroatoms. The molecule has 1 fully saturated rings. The largest absolute Gasteiger partial charge is 0.382 e. The van der Waals surface area contributed by atoms with Crippen LogP contribution in [0.1, 0.15) is 42.6 Å². The molecule has 2 rings (SSSR count). The third kappa shape index (κ3) is 3.18. The quantitative estimate of drug-likeness (QED) is 0.884. The van der Waals surface area contributed by atoms with Crippen LogP contribution in [0.4, 0.5) is 5.82 Å². The van der Waals surface area contributed by atoms with Crippen LogP contribution in [0.5, 0.6) is 0 Å². The number of carbonyl (C=O) groups excluding carboxylic acids is 1. The number of nitrogens with two attached hydrogens (primary N) is 1. The van der Waals surface area contributed by atoms with Gasteiger partial charge in [0.2, 0.25) is 0 Å². The molecule has 0 radical (unpaired) electrons. The first-order valence-electron chi connectivity index (χ1n) is 6.50. The number of nitrogen functional groups attached to an aromatic ring is 1. The lowest BCUT2D eigenvalue weighted by Crippen LogP contribution is -2.33. The topological polar surface area (TPSA) is 72.1 Å². The van der Waals surface area contributed by atoms with Crippen LogP contribution in [0.15, 0.2) is 12.4 Å². The Balaban J connectivity index is 1.93. The first-order chi connectivity index (χ1) is 8.66. The predicted octanol–water partition coefficient (Wildman–Crippen LogP) is 1.71. The molecule has 98 valence electrons. The van der Waals surface area contributed by atoms with Gasteiger partial charge in [-0.05, 0) is 18.8 Å². The van der Waals surface area contributed by atoms with Crippen molar-refractivity contribution in [3.63, 3.8) is 0 Å². The third-order valence-electron chi connectivity index (χ3n) is 3.49. The lowest BCUT2D eigenvalue weighted by molar-refractivity contribution is 0.0754. The molecule has 2 N–H and O–H groups in total. The molecule has 18 heavy (non-hydrogen) atoms. The maximum Gasteiger partial charge on any atom is 0.273 e. The van der Waals surface area contributed by atoms with Crippen molar-refractivity contribution >= 4 is 11.7 Å². The molecule has 0 atom stereocenters. The van der Waals surface area contributed by atoms with Gasteiger partial charge in [-0.1, -0.05) is 19.3 Å². The standard InChI is InChI=1S/C13H20N4O/c1-17(9-10-5-3-2-4-6-10)13(18)11-7-16-12(14)8-15-11/h7-8,10H,2-6,9H2,1H3,(H2,14,16). The summed E-state index contributed by atoms with van der Waals surface area (Å²) in [5.74, 6) is 0.893. The van der Waals surface area contributed by atoms with Crippen molar-refractivity contribution < 1.29 is 4.79 Å². The van der Waals surface area contributed by atoms with Crippen LogP contribution in [0.2, 0.25) is 0 Å². The fourth-order valence-corrected chi connectivity index (χ4v) is 2.48. The molecule has 1 heterocycles. The highest BCUT2D eigenvalue weighted by Crippen LogP contribution is 2.24. The molecular weight excluding hydrogens is 228 g/mol. The smallest absolute Gasteiger partial charge is 0.273 e. The number of aromatic nitrogens is 2. The van der Waals surface area contributed by atoms with Crippen molar-refractivity contribution in [3.05, 3.63) is 18.1 Å². The molecule has 1 saturated carbocycles. The zero-order valence-electron chi connectivity index (χ0n) is 10.8. The van der Waals surface area contributed by atoms with E-state index < -0.39 is 0 Å². The first-order valence-corrected chi connectivity index (χ1v) is 6.50. The van der Waals surface area contributed by atoms with Gasteiger partial charge >= 0.3 is 0 Å². The van der Waals surface area contributed by atoms with Gasteiger partial charge in [0, 0.05) is 13.6 Å². The molecule has 1 aliphatic rings. The Kier molecular flexibility index (Phi) is 4.12. The van der Waals surface area contributed by atoms with Gasteiger partial charge in [0.1, 0.15) is 11.5 Å². The van der Waals surface area contributed by atoms with Gasteiger partial charge in [-0.2, -0.15) is 0 Å². The second-order valence-corrected chi connectivity index (χ2v) is 5.02. The fraction of sp³-hybridized carbons (Fsp3) is 0.615. The first kappa shape index (κ1) is 12.8. The van der Waals surface area contributed by atoms with Crippen LogP contribution in [-0.2, 0) is 0 Å². The van der Waals surface area contributed by atoms with Crippen LogP contribution in [0.25, 0.3) is 0 Å². The SMILES string of the molecule is CN(CC1CCCCC1)C(=O)c1cnc(N)cn1. The molecule has 0 saturated heterocycles. The number of hydrogen-bond acceptors (Lipinski definition) is 4. The molecule has 0 bridgehead atoms. The number of carbonyl (C=O) groups is 1. The molecule has 1 aromatic rings. The van der Waals surface area contributed by atoms with Crippen LogP contribution < -0.4 is 5.73 Å². The van der Waals surface area contributed by atoms with Crippen molar-refractivity contribution in [2.45, 2.75) is 32.1 Å². The molecule has 1 aromatic heterocycles. The van der Waals surface area contributed by atoms with E-state index in [1.54, 1.807) is 4.90 Å². The molecular formula is C13H20N4O. The summed E-state index contributed by atoms with van der Waals surface area (Å²) in [6.45, 7) is 0.810. The minimum absolute atomic E-state index is 0.0759. The molecule has 0 aromatic carbocycles. The minimum Gasteiger partial charge on any atom is -0.382 e. The molecule has 5 nitrogen and oxygen atoms in total. The molecule has 1 aliphatic carbocycles. The zero-order chi connectivity index (χ0) is 13.0. The molecule has 0 spiro atoms. The average molecular weight is 248 g/mol. The Morgan fingerprint density at radius 3 is 2.67 bits per heavy atom. The van der Waals surface area contributed by atoms with Gasteiger partial charge < -0.3 is 10.6 Å². The van der Waals surface area contributed by atoms with Crippen molar-refractivity contribution in [3.8, 4) is 0 Å². The maximum absolute atomic E-state index is 12.1. The van der Waals surface area contributed by atoms with Gasteiger partial charge in [0.05, 0.1) is 12.4 Å². The Bertz CT molecular complexity index is 398. The number of anilines is 1. The van der Waals surface area contributed by atoms with Crippen molar-refractivity contribution in [2.24, 2.45) is 5.92 Å². The summed E-state index contributed by atoms with van der Waals surface area (Å²) in [7, 11) is 1.83. The van der Waals surface area contributed by atoms with Crippen LogP contribution in [0, 0.1) is 5.92 Å². The summed E-state index contributed by atoms with van der Waals surface area (Å²) in [6.07, 6.45) is 9.22. The second kappa shape index (κ2) is 5.80. The lowest BCUT2D eigenvalue weighted by atomic mass is 9.89. The van der Waals surface area contributed by atoms with Gasteiger partial charge in [0.25, 0.3) is 5.91 Å². The summed E-state index contributed by atoms with van der Waals surface area (Å²) >= 11 is 0. The predicted molar refractivity (Wildman–Crippen MR) is 70.0 cm³/mol. The van der Waals surface area contributed by atoms with Gasteiger partial charge in [-0.15, -0.1) is 0 Å². The highest BCUT2D eigenvalue weighted by atomic mass is 16.2. The van der Waals surface area contributed by atoms with Crippen molar-refractivity contribution in [1.82, 2.24) is 14.9 Å².